The summed E-state index contributed by atoms with van der Waals surface area (Å²) in [7, 11) is 0. The number of aromatic nitrogens is 1. The summed E-state index contributed by atoms with van der Waals surface area (Å²) in [5.74, 6) is 0.814. The third kappa shape index (κ3) is 4.55. The van der Waals surface area contributed by atoms with Gasteiger partial charge in [-0.3, -0.25) is 0 Å². The second-order valence-corrected chi connectivity index (χ2v) is 5.00. The lowest BCUT2D eigenvalue weighted by atomic mass is 10.0. The van der Waals surface area contributed by atoms with Crippen LogP contribution in [0, 0.1) is 5.92 Å². The fourth-order valence-corrected chi connectivity index (χ4v) is 2.15. The van der Waals surface area contributed by atoms with Gasteiger partial charge < -0.3 is 9.88 Å². The van der Waals surface area contributed by atoms with Crippen LogP contribution in [0.1, 0.15) is 58.6 Å². The molecule has 1 heterocycles. The van der Waals surface area contributed by atoms with Crippen molar-refractivity contribution in [3.05, 3.63) is 24.0 Å². The van der Waals surface area contributed by atoms with Crippen LogP contribution in [0.4, 0.5) is 0 Å². The molecule has 0 radical (unpaired) electrons. The first-order valence-electron chi connectivity index (χ1n) is 7.10. The van der Waals surface area contributed by atoms with Gasteiger partial charge in [0.2, 0.25) is 0 Å². The predicted molar refractivity (Wildman–Crippen MR) is 75.2 cm³/mol. The van der Waals surface area contributed by atoms with Crippen molar-refractivity contribution in [2.24, 2.45) is 5.92 Å². The summed E-state index contributed by atoms with van der Waals surface area (Å²) >= 11 is 0. The summed E-state index contributed by atoms with van der Waals surface area (Å²) in [6, 6.07) is 2.72. The molecule has 0 fully saturated rings. The molecule has 1 N–H and O–H groups in total. The SMILES string of the molecule is CCCNC(C)c1ccn(CC(CC)CC)c1. The van der Waals surface area contributed by atoms with Gasteiger partial charge in [0.05, 0.1) is 0 Å². The van der Waals surface area contributed by atoms with E-state index in [0.29, 0.717) is 6.04 Å². The lowest BCUT2D eigenvalue weighted by Gasteiger charge is -2.14. The Labute approximate surface area is 106 Å². The van der Waals surface area contributed by atoms with Crippen LogP contribution in [0.5, 0.6) is 0 Å². The first-order chi connectivity index (χ1) is 8.21. The largest absolute Gasteiger partial charge is 0.354 e. The van der Waals surface area contributed by atoms with Gasteiger partial charge in [0, 0.05) is 25.0 Å². The van der Waals surface area contributed by atoms with Crippen LogP contribution in [-0.2, 0) is 6.54 Å². The highest BCUT2D eigenvalue weighted by molar-refractivity contribution is 5.14. The molecule has 0 saturated carbocycles. The standard InChI is InChI=1S/C15H28N2/c1-5-9-16-13(4)15-8-10-17(12-15)11-14(6-2)7-3/h8,10,12-14,16H,5-7,9,11H2,1-4H3. The van der Waals surface area contributed by atoms with E-state index < -0.39 is 0 Å². The Bertz CT molecular complexity index is 300. The highest BCUT2D eigenvalue weighted by atomic mass is 15.0. The number of hydrogen-bond donors (Lipinski definition) is 1. The molecular formula is C15H28N2. The van der Waals surface area contributed by atoms with E-state index in [0.717, 1.165) is 19.0 Å². The molecule has 1 aromatic rings. The van der Waals surface area contributed by atoms with Crippen LogP contribution >= 0.6 is 0 Å². The zero-order chi connectivity index (χ0) is 12.7. The summed E-state index contributed by atoms with van der Waals surface area (Å²) in [6.07, 6.45) is 8.25. The van der Waals surface area contributed by atoms with E-state index in [-0.39, 0.29) is 0 Å². The smallest absolute Gasteiger partial charge is 0.0306 e. The van der Waals surface area contributed by atoms with E-state index in [1.54, 1.807) is 0 Å². The molecule has 1 unspecified atom stereocenters. The lowest BCUT2D eigenvalue weighted by molar-refractivity contribution is 0.418. The third-order valence-electron chi connectivity index (χ3n) is 3.60. The molecule has 98 valence electrons. The van der Waals surface area contributed by atoms with Gasteiger partial charge in [-0.05, 0) is 37.4 Å². The van der Waals surface area contributed by atoms with Crippen LogP contribution in [0.15, 0.2) is 18.5 Å². The number of hydrogen-bond acceptors (Lipinski definition) is 1. The van der Waals surface area contributed by atoms with Gasteiger partial charge >= 0.3 is 0 Å². The molecule has 0 bridgehead atoms. The Morgan fingerprint density at radius 2 is 1.94 bits per heavy atom. The maximum absolute atomic E-state index is 3.53. The molecule has 2 heteroatoms. The monoisotopic (exact) mass is 236 g/mol. The van der Waals surface area contributed by atoms with Crippen LogP contribution in [-0.4, -0.2) is 11.1 Å². The van der Waals surface area contributed by atoms with E-state index in [1.807, 2.05) is 0 Å². The van der Waals surface area contributed by atoms with Gasteiger partial charge in [-0.1, -0.05) is 33.6 Å². The second-order valence-electron chi connectivity index (χ2n) is 5.00. The molecule has 1 aromatic heterocycles. The van der Waals surface area contributed by atoms with Gasteiger partial charge in [0.15, 0.2) is 0 Å². The highest BCUT2D eigenvalue weighted by Crippen LogP contribution is 2.16. The summed E-state index contributed by atoms with van der Waals surface area (Å²) in [4.78, 5) is 0. The third-order valence-corrected chi connectivity index (χ3v) is 3.60. The lowest BCUT2D eigenvalue weighted by Crippen LogP contribution is -2.18. The minimum absolute atomic E-state index is 0.470. The fraction of sp³-hybridized carbons (Fsp3) is 0.733. The Balaban J connectivity index is 2.52. The zero-order valence-corrected chi connectivity index (χ0v) is 11.9. The Hall–Kier alpha value is -0.760. The Kier molecular flexibility index (Phi) is 6.35. The van der Waals surface area contributed by atoms with Crippen LogP contribution < -0.4 is 5.32 Å². The van der Waals surface area contributed by atoms with E-state index in [9.17, 15) is 0 Å². The molecule has 1 rings (SSSR count). The summed E-state index contributed by atoms with van der Waals surface area (Å²) in [6.45, 7) is 11.3. The Morgan fingerprint density at radius 3 is 2.53 bits per heavy atom. The molecular weight excluding hydrogens is 208 g/mol. The molecule has 17 heavy (non-hydrogen) atoms. The van der Waals surface area contributed by atoms with Crippen molar-refractivity contribution in [1.29, 1.82) is 0 Å². The first-order valence-corrected chi connectivity index (χ1v) is 7.10. The maximum atomic E-state index is 3.53. The van der Waals surface area contributed by atoms with Crippen molar-refractivity contribution in [2.75, 3.05) is 6.54 Å². The van der Waals surface area contributed by atoms with E-state index in [4.69, 9.17) is 0 Å². The quantitative estimate of drug-likeness (QED) is 0.722. The molecule has 2 nitrogen and oxygen atoms in total. The van der Waals surface area contributed by atoms with Crippen molar-refractivity contribution in [2.45, 2.75) is 59.5 Å². The van der Waals surface area contributed by atoms with Crippen LogP contribution in [0.2, 0.25) is 0 Å². The van der Waals surface area contributed by atoms with Gasteiger partial charge in [0.1, 0.15) is 0 Å². The van der Waals surface area contributed by atoms with E-state index in [1.165, 1.54) is 24.8 Å². The topological polar surface area (TPSA) is 17.0 Å². The molecule has 0 spiro atoms. The average molecular weight is 236 g/mol. The summed E-state index contributed by atoms with van der Waals surface area (Å²) in [5, 5.41) is 3.53. The predicted octanol–water partition coefficient (Wildman–Crippen LogP) is 3.98. The zero-order valence-electron chi connectivity index (χ0n) is 11.9. The van der Waals surface area contributed by atoms with Crippen LogP contribution in [0.25, 0.3) is 0 Å². The first kappa shape index (κ1) is 14.3. The second kappa shape index (κ2) is 7.54. The molecule has 0 aromatic carbocycles. The highest BCUT2D eigenvalue weighted by Gasteiger charge is 2.08. The van der Waals surface area contributed by atoms with Crippen molar-refractivity contribution in [1.82, 2.24) is 9.88 Å². The minimum Gasteiger partial charge on any atom is -0.354 e. The molecule has 1 atom stereocenters. The molecule has 0 aliphatic rings. The summed E-state index contributed by atoms with van der Waals surface area (Å²) in [5.41, 5.74) is 1.41. The maximum Gasteiger partial charge on any atom is 0.0306 e. The molecule has 0 saturated heterocycles. The van der Waals surface area contributed by atoms with Gasteiger partial charge in [-0.2, -0.15) is 0 Å². The molecule has 0 aliphatic carbocycles. The summed E-state index contributed by atoms with van der Waals surface area (Å²) < 4.78 is 2.34. The minimum atomic E-state index is 0.470. The van der Waals surface area contributed by atoms with Crippen molar-refractivity contribution >= 4 is 0 Å². The number of nitrogens with one attached hydrogen (secondary N) is 1. The van der Waals surface area contributed by atoms with Crippen LogP contribution in [0.3, 0.4) is 0 Å². The van der Waals surface area contributed by atoms with Crippen molar-refractivity contribution in [3.8, 4) is 0 Å². The molecule has 0 amide bonds. The van der Waals surface area contributed by atoms with Gasteiger partial charge in [-0.25, -0.2) is 0 Å². The van der Waals surface area contributed by atoms with Crippen molar-refractivity contribution < 1.29 is 0 Å². The van der Waals surface area contributed by atoms with Gasteiger partial charge in [-0.15, -0.1) is 0 Å². The number of rotatable bonds is 8. The van der Waals surface area contributed by atoms with E-state index >= 15 is 0 Å². The van der Waals surface area contributed by atoms with E-state index in [2.05, 4.69) is 56.0 Å². The fourth-order valence-electron chi connectivity index (χ4n) is 2.15. The normalized spacial score (nSPS) is 13.2. The van der Waals surface area contributed by atoms with Crippen molar-refractivity contribution in [3.63, 3.8) is 0 Å². The Morgan fingerprint density at radius 1 is 1.24 bits per heavy atom. The molecule has 0 aliphatic heterocycles. The number of nitrogens with zero attached hydrogens (tertiary/aromatic N) is 1. The van der Waals surface area contributed by atoms with Gasteiger partial charge in [0.25, 0.3) is 0 Å². The average Bonchev–Trinajstić information content (AvgIpc) is 2.81.